The number of amides is 1. The molecular weight excluding hydrogens is 571 g/mol. The molecule has 10 heteroatoms. The number of carbonyl (C=O) groups excluding carboxylic acids is 1. The molecule has 41 heavy (non-hydrogen) atoms. The standard InChI is InChI=1S/C31H27Cl2F2N3O3/c1-31(2,3)14-23-25(19-12-9-17(32)13-22(19)34)26(20-5-4-6-21(33)27(20)35)28-29(39)37(24(15-36)38(23)28)18-10-7-16(8-11-18)30(40)41/h4-13,23-26,28H,14H2,1-3H3,(H,40,41)/t23-,24?,25+,26+,28+/m0/s1. The second kappa shape index (κ2) is 10.7. The lowest BCUT2D eigenvalue weighted by Crippen LogP contribution is -2.45. The predicted octanol–water partition coefficient (Wildman–Crippen LogP) is 7.22. The maximum absolute atomic E-state index is 15.8. The lowest BCUT2D eigenvalue weighted by atomic mass is 9.73. The lowest BCUT2D eigenvalue weighted by Gasteiger charge is -2.36. The van der Waals surface area contributed by atoms with E-state index >= 15 is 8.78 Å². The van der Waals surface area contributed by atoms with Gasteiger partial charge in [0.15, 0.2) is 6.17 Å². The molecule has 2 fully saturated rings. The third kappa shape index (κ3) is 5.07. The molecule has 0 bridgehead atoms. The van der Waals surface area contributed by atoms with Crippen LogP contribution < -0.4 is 4.90 Å². The van der Waals surface area contributed by atoms with E-state index in [2.05, 4.69) is 6.07 Å². The zero-order valence-corrected chi connectivity index (χ0v) is 24.0. The van der Waals surface area contributed by atoms with Crippen LogP contribution in [0.1, 0.15) is 60.5 Å². The quantitative estimate of drug-likeness (QED) is 0.335. The number of anilines is 1. The molecule has 0 radical (unpaired) electrons. The fraction of sp³-hybridized carbons (Fsp3) is 0.323. The maximum Gasteiger partial charge on any atom is 0.335 e. The van der Waals surface area contributed by atoms with Crippen molar-refractivity contribution in [1.29, 1.82) is 5.26 Å². The number of carboxylic acids is 1. The van der Waals surface area contributed by atoms with Gasteiger partial charge in [0.25, 0.3) is 0 Å². The highest BCUT2D eigenvalue weighted by atomic mass is 35.5. The van der Waals surface area contributed by atoms with E-state index in [1.807, 2.05) is 20.8 Å². The molecule has 212 valence electrons. The average molecular weight is 598 g/mol. The van der Waals surface area contributed by atoms with Gasteiger partial charge in [-0.1, -0.05) is 62.2 Å². The first kappa shape index (κ1) is 29.0. The van der Waals surface area contributed by atoms with Crippen LogP contribution in [0.25, 0.3) is 0 Å². The first-order chi connectivity index (χ1) is 19.3. The molecule has 6 nitrogen and oxygen atoms in total. The van der Waals surface area contributed by atoms with Crippen LogP contribution in [0.2, 0.25) is 10.0 Å². The van der Waals surface area contributed by atoms with Gasteiger partial charge in [0, 0.05) is 28.6 Å². The van der Waals surface area contributed by atoms with Crippen LogP contribution in [0.15, 0.2) is 60.7 Å². The summed E-state index contributed by atoms with van der Waals surface area (Å²) in [6.45, 7) is 6.02. The zero-order valence-electron chi connectivity index (χ0n) is 22.5. The number of nitriles is 1. The summed E-state index contributed by atoms with van der Waals surface area (Å²) in [4.78, 5) is 28.8. The van der Waals surface area contributed by atoms with E-state index in [0.717, 1.165) is 0 Å². The van der Waals surface area contributed by atoms with Crippen molar-refractivity contribution in [2.75, 3.05) is 4.90 Å². The Balaban J connectivity index is 1.75. The Morgan fingerprint density at radius 1 is 1.02 bits per heavy atom. The molecule has 2 saturated heterocycles. The number of aromatic carboxylic acids is 1. The van der Waals surface area contributed by atoms with Crippen molar-refractivity contribution in [3.63, 3.8) is 0 Å². The van der Waals surface area contributed by atoms with Crippen molar-refractivity contribution < 1.29 is 23.5 Å². The van der Waals surface area contributed by atoms with Crippen LogP contribution in [0.4, 0.5) is 14.5 Å². The Hall–Kier alpha value is -3.51. The van der Waals surface area contributed by atoms with Gasteiger partial charge in [-0.3, -0.25) is 14.6 Å². The van der Waals surface area contributed by atoms with Gasteiger partial charge in [-0.05, 0) is 65.4 Å². The zero-order chi connectivity index (χ0) is 29.8. The largest absolute Gasteiger partial charge is 0.478 e. The van der Waals surface area contributed by atoms with E-state index in [4.69, 9.17) is 23.2 Å². The summed E-state index contributed by atoms with van der Waals surface area (Å²) in [5.41, 5.74) is 0.449. The minimum absolute atomic E-state index is 0.0252. The summed E-state index contributed by atoms with van der Waals surface area (Å²) >= 11 is 12.3. The van der Waals surface area contributed by atoms with Crippen molar-refractivity contribution in [1.82, 2.24) is 4.90 Å². The molecule has 5 rings (SSSR count). The lowest BCUT2D eigenvalue weighted by molar-refractivity contribution is -0.119. The number of rotatable bonds is 5. The monoisotopic (exact) mass is 597 g/mol. The molecular formula is C31H27Cl2F2N3O3. The van der Waals surface area contributed by atoms with E-state index in [1.165, 1.54) is 41.3 Å². The second-order valence-corrected chi connectivity index (χ2v) is 12.5. The number of hydrogen-bond acceptors (Lipinski definition) is 4. The average Bonchev–Trinajstić information content (AvgIpc) is 3.36. The fourth-order valence-electron chi connectivity index (χ4n) is 6.36. The van der Waals surface area contributed by atoms with Gasteiger partial charge in [0.1, 0.15) is 23.7 Å². The van der Waals surface area contributed by atoms with E-state index in [1.54, 1.807) is 29.2 Å². The third-order valence-electron chi connectivity index (χ3n) is 7.85. The van der Waals surface area contributed by atoms with Gasteiger partial charge in [0.2, 0.25) is 5.91 Å². The van der Waals surface area contributed by atoms with E-state index in [0.29, 0.717) is 12.1 Å². The van der Waals surface area contributed by atoms with Crippen LogP contribution in [0.3, 0.4) is 0 Å². The van der Waals surface area contributed by atoms with E-state index in [-0.39, 0.29) is 32.2 Å². The van der Waals surface area contributed by atoms with Gasteiger partial charge in [0.05, 0.1) is 10.6 Å². The molecule has 2 aliphatic rings. The van der Waals surface area contributed by atoms with E-state index in [9.17, 15) is 20.0 Å². The summed E-state index contributed by atoms with van der Waals surface area (Å²) in [5.74, 6) is -4.52. The Labute approximate surface area is 246 Å². The number of carbonyl (C=O) groups is 2. The second-order valence-electron chi connectivity index (χ2n) is 11.6. The number of hydrogen-bond donors (Lipinski definition) is 1. The highest BCUT2D eigenvalue weighted by Gasteiger charge is 2.63. The number of carboxylic acid groups (broad SMARTS) is 1. The molecule has 2 aliphatic heterocycles. The highest BCUT2D eigenvalue weighted by molar-refractivity contribution is 6.31. The highest BCUT2D eigenvalue weighted by Crippen LogP contribution is 2.56. The van der Waals surface area contributed by atoms with Crippen LogP contribution >= 0.6 is 23.2 Å². The fourth-order valence-corrected chi connectivity index (χ4v) is 6.70. The summed E-state index contributed by atoms with van der Waals surface area (Å²) in [5, 5.41) is 19.8. The van der Waals surface area contributed by atoms with Gasteiger partial charge in [-0.25, -0.2) is 13.6 Å². The topological polar surface area (TPSA) is 84.6 Å². The molecule has 5 atom stereocenters. The molecule has 1 amide bonds. The number of fused-ring (bicyclic) bond motifs is 1. The molecule has 2 heterocycles. The number of nitrogens with zero attached hydrogens (tertiary/aromatic N) is 3. The summed E-state index contributed by atoms with van der Waals surface area (Å²) in [7, 11) is 0. The third-order valence-corrected chi connectivity index (χ3v) is 8.38. The Morgan fingerprint density at radius 3 is 2.29 bits per heavy atom. The Morgan fingerprint density at radius 2 is 1.71 bits per heavy atom. The SMILES string of the molecule is CC(C)(C)C[C@H]1[C@@H](c2ccc(Cl)cc2F)[C@@H](c2cccc(Cl)c2F)[C@@H]2C(=O)N(c3ccc(C(=O)O)cc3)C(C#N)N12. The number of benzene rings is 3. The first-order valence-electron chi connectivity index (χ1n) is 13.1. The van der Waals surface area contributed by atoms with Gasteiger partial charge in [-0.15, -0.1) is 0 Å². The van der Waals surface area contributed by atoms with E-state index < -0.39 is 53.6 Å². The van der Waals surface area contributed by atoms with Crippen molar-refractivity contribution >= 4 is 40.8 Å². The molecule has 0 saturated carbocycles. The number of halogens is 4. The minimum atomic E-state index is -1.13. The molecule has 0 spiro atoms. The molecule has 3 aromatic rings. The van der Waals surface area contributed by atoms with Crippen molar-refractivity contribution in [3.8, 4) is 6.07 Å². The molecule has 1 unspecified atom stereocenters. The molecule has 1 N–H and O–H groups in total. The van der Waals surface area contributed by atoms with Gasteiger partial charge >= 0.3 is 5.97 Å². The molecule has 0 aliphatic carbocycles. The van der Waals surface area contributed by atoms with Crippen LogP contribution in [0.5, 0.6) is 0 Å². The normalized spacial score (nSPS) is 24.4. The smallest absolute Gasteiger partial charge is 0.335 e. The molecule has 3 aromatic carbocycles. The van der Waals surface area contributed by atoms with Crippen LogP contribution in [0, 0.1) is 28.4 Å². The Kier molecular flexibility index (Phi) is 7.58. The van der Waals surface area contributed by atoms with Crippen molar-refractivity contribution in [2.24, 2.45) is 5.41 Å². The summed E-state index contributed by atoms with van der Waals surface area (Å²) in [6.07, 6.45) is -0.660. The summed E-state index contributed by atoms with van der Waals surface area (Å²) < 4.78 is 31.4. The van der Waals surface area contributed by atoms with Crippen molar-refractivity contribution in [3.05, 3.63) is 99.0 Å². The summed E-state index contributed by atoms with van der Waals surface area (Å²) in [6, 6.07) is 15.2. The maximum atomic E-state index is 15.8. The van der Waals surface area contributed by atoms with Gasteiger partial charge in [-0.2, -0.15) is 5.26 Å². The molecule has 0 aromatic heterocycles. The Bertz CT molecular complexity index is 1570. The van der Waals surface area contributed by atoms with Crippen LogP contribution in [-0.4, -0.2) is 40.1 Å². The van der Waals surface area contributed by atoms with Gasteiger partial charge < -0.3 is 5.11 Å². The first-order valence-corrected chi connectivity index (χ1v) is 13.8. The van der Waals surface area contributed by atoms with Crippen molar-refractivity contribution in [2.45, 2.75) is 57.3 Å². The van der Waals surface area contributed by atoms with Crippen LogP contribution in [-0.2, 0) is 4.79 Å². The predicted molar refractivity (Wildman–Crippen MR) is 152 cm³/mol. The minimum Gasteiger partial charge on any atom is -0.478 e.